The maximum Gasteiger partial charge on any atom is 0.573 e. The number of halogens is 3. The molecule has 0 bridgehead atoms. The van der Waals surface area contributed by atoms with Crippen molar-refractivity contribution >= 4 is 29.1 Å². The average Bonchev–Trinajstić information content (AvgIpc) is 2.69. The lowest BCUT2D eigenvalue weighted by atomic mass is 10.0. The molecule has 3 aromatic carbocycles. The molecule has 0 radical (unpaired) electrons. The molecule has 10 heteroatoms. The summed E-state index contributed by atoms with van der Waals surface area (Å²) in [5.74, 6) is -0.819. The highest BCUT2D eigenvalue weighted by molar-refractivity contribution is 6.06. The third-order valence-electron chi connectivity index (χ3n) is 4.12. The molecule has 0 atom stereocenters. The van der Waals surface area contributed by atoms with Gasteiger partial charge in [-0.3, -0.25) is 10.1 Å². The topological polar surface area (TPSA) is 114 Å². The number of nitrogens with one attached hydrogen (secondary N) is 2. The number of carboxylic acid groups (broad SMARTS) is 1. The Morgan fingerprint density at radius 1 is 0.871 bits per heavy atom. The van der Waals surface area contributed by atoms with Crippen LogP contribution in [0.15, 0.2) is 66.7 Å². The molecule has 0 saturated carbocycles. The summed E-state index contributed by atoms with van der Waals surface area (Å²) < 4.78 is 40.7. The molecule has 3 rings (SSSR count). The number of nitrogen functional groups attached to an aromatic ring is 1. The lowest BCUT2D eigenvalue weighted by molar-refractivity contribution is -0.274. The summed E-state index contributed by atoms with van der Waals surface area (Å²) in [6.07, 6.45) is -6.00. The maximum atomic E-state index is 12.5. The van der Waals surface area contributed by atoms with Crippen LogP contribution in [0.25, 0.3) is 11.1 Å². The highest BCUT2D eigenvalue weighted by Crippen LogP contribution is 2.30. The molecule has 160 valence electrons. The number of carbonyl (C=O) groups excluding carboxylic acids is 1. The molecule has 0 aliphatic rings. The minimum Gasteiger partial charge on any atom is -0.465 e. The standard InChI is InChI=1S/C21H16F3N3O4/c22-21(23,24)31-16-8-3-12(4-9-16)14-5-10-17(25)18(11-14)27-19(28)13-1-6-15(7-2-13)26-20(29)30/h1-11,26H,25H2,(H,27,28)(H,29,30). The number of amides is 2. The fourth-order valence-electron chi connectivity index (χ4n) is 2.72. The van der Waals surface area contributed by atoms with Crippen molar-refractivity contribution in [1.82, 2.24) is 0 Å². The van der Waals surface area contributed by atoms with E-state index in [2.05, 4.69) is 15.4 Å². The molecule has 0 aliphatic heterocycles. The van der Waals surface area contributed by atoms with E-state index in [9.17, 15) is 22.8 Å². The molecular formula is C21H16F3N3O4. The monoisotopic (exact) mass is 431 g/mol. The number of benzene rings is 3. The zero-order valence-electron chi connectivity index (χ0n) is 15.7. The van der Waals surface area contributed by atoms with Crippen molar-refractivity contribution in [3.05, 3.63) is 72.3 Å². The van der Waals surface area contributed by atoms with Crippen LogP contribution < -0.4 is 21.1 Å². The lowest BCUT2D eigenvalue weighted by Gasteiger charge is -2.12. The zero-order valence-corrected chi connectivity index (χ0v) is 15.7. The van der Waals surface area contributed by atoms with Crippen LogP contribution in [0.2, 0.25) is 0 Å². The fraction of sp³-hybridized carbons (Fsp3) is 0.0476. The first kappa shape index (κ1) is 21.5. The van der Waals surface area contributed by atoms with Crippen LogP contribution in [-0.4, -0.2) is 23.5 Å². The second-order valence-electron chi connectivity index (χ2n) is 6.34. The molecule has 31 heavy (non-hydrogen) atoms. The molecule has 0 spiro atoms. The summed E-state index contributed by atoms with van der Waals surface area (Å²) >= 11 is 0. The first-order chi connectivity index (χ1) is 14.6. The smallest absolute Gasteiger partial charge is 0.465 e. The highest BCUT2D eigenvalue weighted by Gasteiger charge is 2.30. The van der Waals surface area contributed by atoms with Crippen molar-refractivity contribution in [2.24, 2.45) is 0 Å². The minimum atomic E-state index is -4.78. The van der Waals surface area contributed by atoms with E-state index in [1.54, 1.807) is 18.2 Å². The molecular weight excluding hydrogens is 415 g/mol. The maximum absolute atomic E-state index is 12.5. The Morgan fingerprint density at radius 2 is 1.48 bits per heavy atom. The molecule has 0 saturated heterocycles. The van der Waals surface area contributed by atoms with Crippen molar-refractivity contribution in [2.45, 2.75) is 6.36 Å². The van der Waals surface area contributed by atoms with Gasteiger partial charge in [0.15, 0.2) is 0 Å². The largest absolute Gasteiger partial charge is 0.573 e. The van der Waals surface area contributed by atoms with Crippen molar-refractivity contribution in [2.75, 3.05) is 16.4 Å². The van der Waals surface area contributed by atoms with Gasteiger partial charge in [0.1, 0.15) is 5.75 Å². The van der Waals surface area contributed by atoms with Crippen molar-refractivity contribution in [1.29, 1.82) is 0 Å². The number of hydrogen-bond donors (Lipinski definition) is 4. The molecule has 0 fully saturated rings. The van der Waals surface area contributed by atoms with Crippen LogP contribution in [0.5, 0.6) is 5.75 Å². The zero-order chi connectivity index (χ0) is 22.6. The van der Waals surface area contributed by atoms with Crippen molar-refractivity contribution in [3.63, 3.8) is 0 Å². The number of anilines is 3. The van der Waals surface area contributed by atoms with E-state index in [-0.39, 0.29) is 11.3 Å². The molecule has 0 aliphatic carbocycles. The molecule has 0 unspecified atom stereocenters. The van der Waals surface area contributed by atoms with E-state index in [4.69, 9.17) is 10.8 Å². The second-order valence-corrected chi connectivity index (χ2v) is 6.34. The minimum absolute atomic E-state index is 0.273. The molecule has 0 aromatic heterocycles. The van der Waals surface area contributed by atoms with Gasteiger partial charge in [0.2, 0.25) is 0 Å². The normalized spacial score (nSPS) is 10.9. The van der Waals surface area contributed by atoms with Gasteiger partial charge in [-0.05, 0) is 59.7 Å². The van der Waals surface area contributed by atoms with Crippen LogP contribution in [0.4, 0.5) is 35.0 Å². The molecule has 5 N–H and O–H groups in total. The Balaban J connectivity index is 1.76. The Morgan fingerprint density at radius 3 is 2.06 bits per heavy atom. The Kier molecular flexibility index (Phi) is 6.00. The van der Waals surface area contributed by atoms with E-state index in [1.165, 1.54) is 48.5 Å². The summed E-state index contributed by atoms with van der Waals surface area (Å²) in [5, 5.41) is 13.5. The number of rotatable bonds is 5. The molecule has 7 nitrogen and oxygen atoms in total. The number of nitrogens with two attached hydrogens (primary N) is 1. The van der Waals surface area contributed by atoms with Gasteiger partial charge in [-0.1, -0.05) is 18.2 Å². The number of ether oxygens (including phenoxy) is 1. The van der Waals surface area contributed by atoms with Crippen LogP contribution in [-0.2, 0) is 0 Å². The second kappa shape index (κ2) is 8.66. The quantitative estimate of drug-likeness (QED) is 0.416. The third kappa shape index (κ3) is 5.89. The van der Waals surface area contributed by atoms with Gasteiger partial charge in [0.25, 0.3) is 5.91 Å². The summed E-state index contributed by atoms with van der Waals surface area (Å²) in [5.41, 5.74) is 8.32. The molecule has 3 aromatic rings. The van der Waals surface area contributed by atoms with Gasteiger partial charge in [0.05, 0.1) is 11.4 Å². The van der Waals surface area contributed by atoms with Crippen LogP contribution in [0.1, 0.15) is 10.4 Å². The van der Waals surface area contributed by atoms with Gasteiger partial charge in [-0.25, -0.2) is 4.79 Å². The van der Waals surface area contributed by atoms with E-state index >= 15 is 0 Å². The number of alkyl halides is 3. The summed E-state index contributed by atoms with van der Waals surface area (Å²) in [7, 11) is 0. The molecule has 0 heterocycles. The summed E-state index contributed by atoms with van der Waals surface area (Å²) in [4.78, 5) is 23.1. The van der Waals surface area contributed by atoms with Gasteiger partial charge >= 0.3 is 12.5 Å². The van der Waals surface area contributed by atoms with Gasteiger partial charge in [-0.2, -0.15) is 0 Å². The third-order valence-corrected chi connectivity index (χ3v) is 4.12. The van der Waals surface area contributed by atoms with Crippen molar-refractivity contribution in [3.8, 4) is 16.9 Å². The Hall–Kier alpha value is -4.21. The first-order valence-corrected chi connectivity index (χ1v) is 8.78. The van der Waals surface area contributed by atoms with E-state index in [1.807, 2.05) is 0 Å². The van der Waals surface area contributed by atoms with Gasteiger partial charge in [-0.15, -0.1) is 13.2 Å². The van der Waals surface area contributed by atoms with Crippen LogP contribution in [0.3, 0.4) is 0 Å². The van der Waals surface area contributed by atoms with Crippen LogP contribution in [0, 0.1) is 0 Å². The van der Waals surface area contributed by atoms with Gasteiger partial charge < -0.3 is 20.9 Å². The fourth-order valence-corrected chi connectivity index (χ4v) is 2.72. The van der Waals surface area contributed by atoms with E-state index in [0.717, 1.165) is 0 Å². The number of carbonyl (C=O) groups is 2. The molecule has 2 amide bonds. The summed E-state index contributed by atoms with van der Waals surface area (Å²) in [6.45, 7) is 0. The average molecular weight is 431 g/mol. The summed E-state index contributed by atoms with van der Waals surface area (Å²) in [6, 6.07) is 15.9. The van der Waals surface area contributed by atoms with Crippen molar-refractivity contribution < 1.29 is 32.6 Å². The SMILES string of the molecule is Nc1ccc(-c2ccc(OC(F)(F)F)cc2)cc1NC(=O)c1ccc(NC(=O)O)cc1. The predicted molar refractivity (Wildman–Crippen MR) is 109 cm³/mol. The van der Waals surface area contributed by atoms with Crippen LogP contribution >= 0.6 is 0 Å². The lowest BCUT2D eigenvalue weighted by Crippen LogP contribution is -2.16. The Bertz CT molecular complexity index is 1100. The Labute approximate surface area is 174 Å². The number of hydrogen-bond acceptors (Lipinski definition) is 4. The van der Waals surface area contributed by atoms with E-state index < -0.39 is 18.4 Å². The highest BCUT2D eigenvalue weighted by atomic mass is 19.4. The van der Waals surface area contributed by atoms with E-state index in [0.29, 0.717) is 28.2 Å². The first-order valence-electron chi connectivity index (χ1n) is 8.78. The predicted octanol–water partition coefficient (Wildman–Crippen LogP) is 5.18. The van der Waals surface area contributed by atoms with Gasteiger partial charge in [0, 0.05) is 11.3 Å².